The van der Waals surface area contributed by atoms with E-state index in [0.29, 0.717) is 11.3 Å². The van der Waals surface area contributed by atoms with E-state index in [9.17, 15) is 9.50 Å². The molecule has 0 radical (unpaired) electrons. The van der Waals surface area contributed by atoms with E-state index >= 15 is 0 Å². The Balaban J connectivity index is 2.34. The molecule has 2 aromatic rings. The van der Waals surface area contributed by atoms with Gasteiger partial charge in [0.15, 0.2) is 0 Å². The normalized spacial score (nSPS) is 12.2. The minimum atomic E-state index is -0.992. The zero-order valence-electron chi connectivity index (χ0n) is 9.73. The summed E-state index contributed by atoms with van der Waals surface area (Å²) >= 11 is 3.26. The number of aliphatic hydroxyl groups excluding tert-OH is 1. The third kappa shape index (κ3) is 2.71. The van der Waals surface area contributed by atoms with E-state index in [-0.39, 0.29) is 5.56 Å². The van der Waals surface area contributed by atoms with Crippen LogP contribution in [0.15, 0.2) is 46.9 Å². The van der Waals surface area contributed by atoms with E-state index in [1.807, 2.05) is 0 Å². The third-order valence-electron chi connectivity index (χ3n) is 2.68. The lowest BCUT2D eigenvalue weighted by atomic mass is 10.0. The molecule has 0 aliphatic heterocycles. The van der Waals surface area contributed by atoms with Crippen molar-refractivity contribution < 1.29 is 14.2 Å². The molecule has 18 heavy (non-hydrogen) atoms. The number of aliphatic hydroxyl groups is 1. The van der Waals surface area contributed by atoms with Crippen molar-refractivity contribution in [3.63, 3.8) is 0 Å². The highest BCUT2D eigenvalue weighted by atomic mass is 79.9. The van der Waals surface area contributed by atoms with Crippen LogP contribution < -0.4 is 4.74 Å². The lowest BCUT2D eigenvalue weighted by Crippen LogP contribution is -2.02. The SMILES string of the molecule is COc1ccc(C(O)c2cc(Br)ccc2F)cc1. The molecule has 1 N–H and O–H groups in total. The monoisotopic (exact) mass is 310 g/mol. The van der Waals surface area contributed by atoms with Gasteiger partial charge in [0.1, 0.15) is 17.7 Å². The van der Waals surface area contributed by atoms with E-state index in [0.717, 1.165) is 4.47 Å². The Hall–Kier alpha value is -1.39. The Bertz CT molecular complexity index is 540. The molecule has 94 valence electrons. The van der Waals surface area contributed by atoms with Crippen LogP contribution in [0.1, 0.15) is 17.2 Å². The molecule has 0 spiro atoms. The van der Waals surface area contributed by atoms with E-state index in [2.05, 4.69) is 15.9 Å². The quantitative estimate of drug-likeness (QED) is 0.937. The largest absolute Gasteiger partial charge is 0.497 e. The summed E-state index contributed by atoms with van der Waals surface area (Å²) in [6, 6.07) is 11.4. The van der Waals surface area contributed by atoms with Gasteiger partial charge in [0.05, 0.1) is 7.11 Å². The van der Waals surface area contributed by atoms with Crippen molar-refractivity contribution in [1.29, 1.82) is 0 Å². The van der Waals surface area contributed by atoms with Crippen LogP contribution in [0, 0.1) is 5.82 Å². The van der Waals surface area contributed by atoms with Gasteiger partial charge in [-0.2, -0.15) is 0 Å². The minimum absolute atomic E-state index is 0.245. The summed E-state index contributed by atoms with van der Waals surface area (Å²) in [5.41, 5.74) is 0.863. The van der Waals surface area contributed by atoms with Crippen molar-refractivity contribution >= 4 is 15.9 Å². The van der Waals surface area contributed by atoms with Crippen molar-refractivity contribution in [2.24, 2.45) is 0 Å². The molecule has 0 aliphatic carbocycles. The standard InChI is InChI=1S/C14H12BrFO2/c1-18-11-5-2-9(3-6-11)14(17)12-8-10(15)4-7-13(12)16/h2-8,14,17H,1H3. The first-order valence-corrected chi connectivity index (χ1v) is 6.18. The first kappa shape index (κ1) is 13.1. The Morgan fingerprint density at radius 3 is 2.44 bits per heavy atom. The summed E-state index contributed by atoms with van der Waals surface area (Å²) < 4.78 is 19.4. The van der Waals surface area contributed by atoms with E-state index in [4.69, 9.17) is 4.74 Å². The zero-order chi connectivity index (χ0) is 13.1. The van der Waals surface area contributed by atoms with Crippen LogP contribution in [0.25, 0.3) is 0 Å². The minimum Gasteiger partial charge on any atom is -0.497 e. The molecule has 0 saturated heterocycles. The average Bonchev–Trinajstić information content (AvgIpc) is 2.41. The van der Waals surface area contributed by atoms with Gasteiger partial charge in [-0.3, -0.25) is 0 Å². The first-order chi connectivity index (χ1) is 8.61. The molecular formula is C14H12BrFO2. The Kier molecular flexibility index (Phi) is 3.99. The number of hydrogen-bond acceptors (Lipinski definition) is 2. The van der Waals surface area contributed by atoms with Gasteiger partial charge in [-0.1, -0.05) is 28.1 Å². The third-order valence-corrected chi connectivity index (χ3v) is 3.18. The van der Waals surface area contributed by atoms with E-state index in [1.54, 1.807) is 43.5 Å². The van der Waals surface area contributed by atoms with Gasteiger partial charge in [0.25, 0.3) is 0 Å². The highest BCUT2D eigenvalue weighted by Gasteiger charge is 2.15. The zero-order valence-corrected chi connectivity index (χ0v) is 11.3. The summed E-state index contributed by atoms with van der Waals surface area (Å²) in [5.74, 6) is 0.266. The number of rotatable bonds is 3. The molecule has 0 heterocycles. The van der Waals surface area contributed by atoms with Gasteiger partial charge in [0.2, 0.25) is 0 Å². The molecule has 2 nitrogen and oxygen atoms in total. The molecule has 1 unspecified atom stereocenters. The van der Waals surface area contributed by atoms with Gasteiger partial charge in [-0.25, -0.2) is 4.39 Å². The first-order valence-electron chi connectivity index (χ1n) is 5.39. The average molecular weight is 311 g/mol. The fraction of sp³-hybridized carbons (Fsp3) is 0.143. The Morgan fingerprint density at radius 2 is 1.83 bits per heavy atom. The van der Waals surface area contributed by atoms with Crippen LogP contribution in [0.5, 0.6) is 5.75 Å². The molecule has 1 atom stereocenters. The van der Waals surface area contributed by atoms with Crippen molar-refractivity contribution in [2.45, 2.75) is 6.10 Å². The molecule has 0 fully saturated rings. The molecule has 0 aliphatic rings. The summed E-state index contributed by atoms with van der Waals surface area (Å²) in [7, 11) is 1.57. The van der Waals surface area contributed by atoms with Crippen molar-refractivity contribution in [2.75, 3.05) is 7.11 Å². The molecule has 2 aromatic carbocycles. The summed E-state index contributed by atoms with van der Waals surface area (Å²) in [6.45, 7) is 0. The van der Waals surface area contributed by atoms with Crippen LogP contribution in [0.3, 0.4) is 0 Å². The van der Waals surface area contributed by atoms with Gasteiger partial charge in [-0.15, -0.1) is 0 Å². The van der Waals surface area contributed by atoms with Gasteiger partial charge >= 0.3 is 0 Å². The number of hydrogen-bond donors (Lipinski definition) is 1. The van der Waals surface area contributed by atoms with Crippen molar-refractivity contribution in [3.8, 4) is 5.75 Å². The number of ether oxygens (including phenoxy) is 1. The number of benzene rings is 2. The maximum Gasteiger partial charge on any atom is 0.129 e. The lowest BCUT2D eigenvalue weighted by molar-refractivity contribution is 0.215. The lowest BCUT2D eigenvalue weighted by Gasteiger charge is -2.13. The van der Waals surface area contributed by atoms with Gasteiger partial charge in [-0.05, 0) is 35.9 Å². The Labute approximate surface area is 113 Å². The second-order valence-electron chi connectivity index (χ2n) is 3.84. The molecule has 2 rings (SSSR count). The maximum atomic E-state index is 13.6. The van der Waals surface area contributed by atoms with Crippen LogP contribution in [-0.4, -0.2) is 12.2 Å². The predicted molar refractivity (Wildman–Crippen MR) is 71.2 cm³/mol. The molecular weight excluding hydrogens is 299 g/mol. The molecule has 0 saturated carbocycles. The van der Waals surface area contributed by atoms with E-state index < -0.39 is 11.9 Å². The van der Waals surface area contributed by atoms with Crippen LogP contribution in [0.4, 0.5) is 4.39 Å². The summed E-state index contributed by atoms with van der Waals surface area (Å²) in [4.78, 5) is 0. The van der Waals surface area contributed by atoms with Crippen LogP contribution >= 0.6 is 15.9 Å². The Morgan fingerprint density at radius 1 is 1.17 bits per heavy atom. The smallest absolute Gasteiger partial charge is 0.129 e. The second-order valence-corrected chi connectivity index (χ2v) is 4.76. The molecule has 0 amide bonds. The molecule has 0 aromatic heterocycles. The fourth-order valence-corrected chi connectivity index (χ4v) is 2.07. The number of halogens is 2. The summed E-state index contributed by atoms with van der Waals surface area (Å²) in [6.07, 6.45) is -0.992. The fourth-order valence-electron chi connectivity index (χ4n) is 1.69. The predicted octanol–water partition coefficient (Wildman–Crippen LogP) is 3.68. The van der Waals surface area contributed by atoms with Crippen molar-refractivity contribution in [3.05, 3.63) is 63.9 Å². The van der Waals surface area contributed by atoms with Crippen LogP contribution in [0.2, 0.25) is 0 Å². The van der Waals surface area contributed by atoms with Crippen molar-refractivity contribution in [1.82, 2.24) is 0 Å². The van der Waals surface area contributed by atoms with Gasteiger partial charge in [0, 0.05) is 10.0 Å². The highest BCUT2D eigenvalue weighted by Crippen LogP contribution is 2.27. The highest BCUT2D eigenvalue weighted by molar-refractivity contribution is 9.10. The molecule has 0 bridgehead atoms. The van der Waals surface area contributed by atoms with Gasteiger partial charge < -0.3 is 9.84 Å². The number of methoxy groups -OCH3 is 1. The summed E-state index contributed by atoms with van der Waals surface area (Å²) in [5, 5.41) is 10.2. The van der Waals surface area contributed by atoms with E-state index in [1.165, 1.54) is 6.07 Å². The maximum absolute atomic E-state index is 13.6. The molecule has 4 heteroatoms. The topological polar surface area (TPSA) is 29.5 Å². The second kappa shape index (κ2) is 5.50. The van der Waals surface area contributed by atoms with Crippen LogP contribution in [-0.2, 0) is 0 Å².